The molecule has 0 radical (unpaired) electrons. The molecule has 150 valence electrons. The Bertz CT molecular complexity index is 1070. The smallest absolute Gasteiger partial charge is 0.206 e. The molecule has 0 atom stereocenters. The molecule has 0 aliphatic carbocycles. The highest BCUT2D eigenvalue weighted by Crippen LogP contribution is 2.32. The third-order valence-electron chi connectivity index (χ3n) is 4.24. The molecule has 0 N–H and O–H groups in total. The Morgan fingerprint density at radius 1 is 0.655 bits per heavy atom. The molecule has 0 bridgehead atoms. The van der Waals surface area contributed by atoms with Crippen LogP contribution in [0.1, 0.15) is 11.1 Å². The average Bonchev–Trinajstić information content (AvgIpc) is 2.60. The minimum Gasteiger partial charge on any atom is -0.206 e. The summed E-state index contributed by atoms with van der Waals surface area (Å²) >= 11 is 0. The van der Waals surface area contributed by atoms with E-state index < -0.39 is 35.0 Å². The number of alkyl halides is 3. The van der Waals surface area contributed by atoms with Crippen molar-refractivity contribution in [2.45, 2.75) is 13.1 Å². The van der Waals surface area contributed by atoms with Crippen LogP contribution < -0.4 is 0 Å². The lowest BCUT2D eigenvalue weighted by molar-refractivity contribution is -0.0790. The monoisotopic (exact) mass is 410 g/mol. The predicted octanol–water partition coefficient (Wildman–Crippen LogP) is 7.46. The molecule has 0 nitrogen and oxygen atoms in total. The first kappa shape index (κ1) is 20.6. The van der Waals surface area contributed by atoms with E-state index in [1.165, 1.54) is 24.3 Å². The van der Waals surface area contributed by atoms with Crippen molar-refractivity contribution in [2.24, 2.45) is 0 Å². The molecule has 0 amide bonds. The third-order valence-corrected chi connectivity index (χ3v) is 4.24. The lowest BCUT2D eigenvalue weighted by Gasteiger charge is -2.10. The number of hydrogen-bond donors (Lipinski definition) is 0. The number of benzene rings is 3. The second kappa shape index (κ2) is 7.73. The summed E-state index contributed by atoms with van der Waals surface area (Å²) in [7, 11) is 0. The zero-order chi connectivity index (χ0) is 21.3. The van der Waals surface area contributed by atoms with Gasteiger partial charge in [-0.05, 0) is 54.0 Å². The largest absolute Gasteiger partial charge is 0.409 e. The maximum Gasteiger partial charge on any atom is 0.409 e. The molecule has 3 aromatic rings. The Morgan fingerprint density at radius 2 is 1.17 bits per heavy atom. The molecule has 0 saturated heterocycles. The minimum atomic E-state index is -4.72. The minimum absolute atomic E-state index is 0.0306. The Hall–Kier alpha value is -3.09. The zero-order valence-electron chi connectivity index (χ0n) is 14.9. The van der Waals surface area contributed by atoms with Crippen LogP contribution in [0.3, 0.4) is 0 Å². The van der Waals surface area contributed by atoms with Crippen molar-refractivity contribution in [3.63, 3.8) is 0 Å². The maximum absolute atomic E-state index is 14.5. The van der Waals surface area contributed by atoms with E-state index in [0.717, 1.165) is 18.2 Å². The van der Waals surface area contributed by atoms with Crippen molar-refractivity contribution in [3.8, 4) is 22.3 Å². The van der Waals surface area contributed by atoms with E-state index in [1.807, 2.05) is 0 Å². The van der Waals surface area contributed by atoms with Crippen LogP contribution in [0.4, 0.5) is 30.7 Å². The number of allylic oxidation sites excluding steroid dienone is 1. The lowest BCUT2D eigenvalue weighted by Crippen LogP contribution is -2.01. The Kier molecular flexibility index (Phi) is 5.50. The van der Waals surface area contributed by atoms with Gasteiger partial charge in [-0.25, -0.2) is 17.6 Å². The molecule has 3 aromatic carbocycles. The van der Waals surface area contributed by atoms with Gasteiger partial charge in [-0.15, -0.1) is 0 Å². The van der Waals surface area contributed by atoms with E-state index in [0.29, 0.717) is 5.56 Å². The van der Waals surface area contributed by atoms with Crippen LogP contribution in [-0.2, 0) is 0 Å². The summed E-state index contributed by atoms with van der Waals surface area (Å²) in [4.78, 5) is 0. The van der Waals surface area contributed by atoms with Gasteiger partial charge in [-0.2, -0.15) is 13.2 Å². The van der Waals surface area contributed by atoms with Gasteiger partial charge in [0.2, 0.25) is 0 Å². The predicted molar refractivity (Wildman–Crippen MR) is 97.0 cm³/mol. The van der Waals surface area contributed by atoms with Crippen LogP contribution in [0.15, 0.2) is 54.6 Å². The summed E-state index contributed by atoms with van der Waals surface area (Å²) in [6.45, 7) is 1.68. The maximum atomic E-state index is 14.5. The Labute approximate surface area is 161 Å². The summed E-state index contributed by atoms with van der Waals surface area (Å²) in [5.41, 5.74) is -0.178. The van der Waals surface area contributed by atoms with Crippen molar-refractivity contribution >= 4 is 6.08 Å². The van der Waals surface area contributed by atoms with Crippen LogP contribution >= 0.6 is 0 Å². The van der Waals surface area contributed by atoms with E-state index in [2.05, 4.69) is 0 Å². The number of halogens is 7. The molecule has 3 rings (SSSR count). The van der Waals surface area contributed by atoms with E-state index in [-0.39, 0.29) is 34.4 Å². The van der Waals surface area contributed by atoms with Crippen molar-refractivity contribution in [2.75, 3.05) is 0 Å². The Balaban J connectivity index is 2.00. The van der Waals surface area contributed by atoms with Crippen LogP contribution in [0.5, 0.6) is 0 Å². The Morgan fingerprint density at radius 3 is 1.69 bits per heavy atom. The van der Waals surface area contributed by atoms with Gasteiger partial charge in [0.15, 0.2) is 0 Å². The van der Waals surface area contributed by atoms with Gasteiger partial charge in [-0.1, -0.05) is 24.3 Å². The second-order valence-corrected chi connectivity index (χ2v) is 6.41. The standard InChI is InChI=1S/C22H13F7/c1-12-2-4-15(18(23)8-12)16-5-3-13(9-19(16)24)14-10-20(25)17(21(26)11-14)6-7-22(27,28)29/h2-11H,1H3/b7-6+. The fourth-order valence-corrected chi connectivity index (χ4v) is 2.84. The fourth-order valence-electron chi connectivity index (χ4n) is 2.84. The average molecular weight is 410 g/mol. The van der Waals surface area contributed by atoms with Gasteiger partial charge >= 0.3 is 6.18 Å². The van der Waals surface area contributed by atoms with E-state index in [1.54, 1.807) is 13.0 Å². The molecule has 0 unspecified atom stereocenters. The van der Waals surface area contributed by atoms with Crippen LogP contribution in [0.25, 0.3) is 28.3 Å². The third kappa shape index (κ3) is 4.67. The molecule has 0 aliphatic rings. The molecule has 0 fully saturated rings. The zero-order valence-corrected chi connectivity index (χ0v) is 14.9. The van der Waals surface area contributed by atoms with Gasteiger partial charge in [0, 0.05) is 22.8 Å². The highest BCUT2D eigenvalue weighted by Gasteiger charge is 2.23. The quantitative estimate of drug-likeness (QED) is 0.393. The number of rotatable bonds is 3. The van der Waals surface area contributed by atoms with Gasteiger partial charge in [0.25, 0.3) is 0 Å². The fraction of sp³-hybridized carbons (Fsp3) is 0.0909. The summed E-state index contributed by atoms with van der Waals surface area (Å²) in [5, 5.41) is 0. The second-order valence-electron chi connectivity index (χ2n) is 6.41. The molecule has 0 saturated carbocycles. The summed E-state index contributed by atoms with van der Waals surface area (Å²) in [5.74, 6) is -3.88. The van der Waals surface area contributed by atoms with Crippen molar-refractivity contribution in [1.82, 2.24) is 0 Å². The van der Waals surface area contributed by atoms with Crippen LogP contribution in [0, 0.1) is 30.2 Å². The SMILES string of the molecule is Cc1ccc(-c2ccc(-c3cc(F)c(/C=C/C(F)(F)F)c(F)c3)cc2F)c(F)c1. The van der Waals surface area contributed by atoms with Gasteiger partial charge in [-0.3, -0.25) is 0 Å². The first-order chi connectivity index (χ1) is 13.5. The summed E-state index contributed by atoms with van der Waals surface area (Å²) in [6.07, 6.45) is -4.71. The molecule has 0 aliphatic heterocycles. The molecular weight excluding hydrogens is 397 g/mol. The van der Waals surface area contributed by atoms with E-state index in [9.17, 15) is 30.7 Å². The first-order valence-corrected chi connectivity index (χ1v) is 8.36. The lowest BCUT2D eigenvalue weighted by atomic mass is 9.97. The molecule has 0 aromatic heterocycles. The molecule has 0 heterocycles. The van der Waals surface area contributed by atoms with Gasteiger partial charge in [0.1, 0.15) is 23.3 Å². The summed E-state index contributed by atoms with van der Waals surface area (Å²) < 4.78 is 93.5. The molecule has 0 spiro atoms. The van der Waals surface area contributed by atoms with Crippen LogP contribution in [0.2, 0.25) is 0 Å². The molecule has 7 heteroatoms. The van der Waals surface area contributed by atoms with Crippen LogP contribution in [-0.4, -0.2) is 6.18 Å². The normalized spacial score (nSPS) is 12.0. The van der Waals surface area contributed by atoms with Crippen molar-refractivity contribution < 1.29 is 30.7 Å². The topological polar surface area (TPSA) is 0 Å². The van der Waals surface area contributed by atoms with Gasteiger partial charge in [0.05, 0.1) is 0 Å². The van der Waals surface area contributed by atoms with Gasteiger partial charge < -0.3 is 0 Å². The van der Waals surface area contributed by atoms with E-state index in [4.69, 9.17) is 0 Å². The number of hydrogen-bond acceptors (Lipinski definition) is 0. The highest BCUT2D eigenvalue weighted by molar-refractivity contribution is 5.72. The van der Waals surface area contributed by atoms with Crippen molar-refractivity contribution in [3.05, 3.63) is 89.0 Å². The first-order valence-electron chi connectivity index (χ1n) is 8.36. The highest BCUT2D eigenvalue weighted by atomic mass is 19.4. The van der Waals surface area contributed by atoms with Crippen molar-refractivity contribution in [1.29, 1.82) is 0 Å². The molecular formula is C22H13F7. The molecule has 29 heavy (non-hydrogen) atoms. The number of aryl methyl sites for hydroxylation is 1. The summed E-state index contributed by atoms with van der Waals surface area (Å²) in [6, 6.07) is 9.49. The van der Waals surface area contributed by atoms with E-state index >= 15 is 0 Å².